The van der Waals surface area contributed by atoms with Gasteiger partial charge in [-0.3, -0.25) is 9.69 Å². The Morgan fingerprint density at radius 1 is 0.842 bits per heavy atom. The van der Waals surface area contributed by atoms with E-state index in [1.165, 1.54) is 23.1 Å². The molecule has 0 aliphatic carbocycles. The summed E-state index contributed by atoms with van der Waals surface area (Å²) in [5.74, 6) is 2.50. The number of likely N-dealkylation sites (tertiary alicyclic amines) is 2. The lowest BCUT2D eigenvalue weighted by Gasteiger charge is -2.44. The van der Waals surface area contributed by atoms with E-state index in [4.69, 9.17) is 9.47 Å². The van der Waals surface area contributed by atoms with Gasteiger partial charge in [0.2, 0.25) is 0 Å². The molecule has 0 bridgehead atoms. The molecule has 1 amide bonds. The molecule has 0 saturated carbocycles. The predicted octanol–water partition coefficient (Wildman–Crippen LogP) is 6.16. The zero-order valence-electron chi connectivity index (χ0n) is 23.0. The highest BCUT2D eigenvalue weighted by atomic mass is 16.5. The molecule has 38 heavy (non-hydrogen) atoms. The molecule has 5 heteroatoms. The summed E-state index contributed by atoms with van der Waals surface area (Å²) in [5.41, 5.74) is 4.55. The first kappa shape index (κ1) is 26.3. The van der Waals surface area contributed by atoms with Crippen LogP contribution in [-0.2, 0) is 12.0 Å². The van der Waals surface area contributed by atoms with E-state index in [2.05, 4.69) is 72.5 Å². The highest BCUT2D eigenvalue weighted by Crippen LogP contribution is 2.42. The van der Waals surface area contributed by atoms with Crippen LogP contribution in [0.2, 0.25) is 0 Å². The Hall–Kier alpha value is -3.31. The number of rotatable bonds is 7. The van der Waals surface area contributed by atoms with Crippen molar-refractivity contribution in [2.75, 3.05) is 40.4 Å². The Balaban J connectivity index is 1.35. The van der Waals surface area contributed by atoms with Crippen molar-refractivity contribution in [1.29, 1.82) is 0 Å². The van der Waals surface area contributed by atoms with Crippen molar-refractivity contribution in [3.8, 4) is 11.5 Å². The number of benzene rings is 3. The number of hydrogen-bond acceptors (Lipinski definition) is 4. The third kappa shape index (κ3) is 5.58. The molecular formula is C33H40N2O3. The van der Waals surface area contributed by atoms with Crippen LogP contribution in [-0.4, -0.2) is 56.1 Å². The molecule has 0 aromatic heterocycles. The van der Waals surface area contributed by atoms with Crippen molar-refractivity contribution in [3.63, 3.8) is 0 Å². The first-order chi connectivity index (χ1) is 18.5. The van der Waals surface area contributed by atoms with E-state index < -0.39 is 0 Å². The lowest BCUT2D eigenvalue weighted by atomic mass is 9.69. The molecule has 5 rings (SSSR count). The molecule has 0 spiro atoms. The second-order valence-corrected chi connectivity index (χ2v) is 11.0. The Morgan fingerprint density at radius 3 is 2.00 bits per heavy atom. The van der Waals surface area contributed by atoms with Gasteiger partial charge in [-0.2, -0.15) is 0 Å². The summed E-state index contributed by atoms with van der Waals surface area (Å²) in [6.07, 6.45) is 4.52. The van der Waals surface area contributed by atoms with Gasteiger partial charge in [0.25, 0.3) is 5.91 Å². The molecule has 2 fully saturated rings. The van der Waals surface area contributed by atoms with E-state index in [0.717, 1.165) is 69.0 Å². The van der Waals surface area contributed by atoms with E-state index >= 15 is 0 Å². The van der Waals surface area contributed by atoms with Gasteiger partial charge < -0.3 is 14.4 Å². The second kappa shape index (κ2) is 11.6. The normalized spacial score (nSPS) is 19.7. The molecule has 200 valence electrons. The van der Waals surface area contributed by atoms with Crippen molar-refractivity contribution < 1.29 is 14.3 Å². The molecule has 1 atom stereocenters. The maximum Gasteiger partial charge on any atom is 0.253 e. The summed E-state index contributed by atoms with van der Waals surface area (Å²) >= 11 is 0. The van der Waals surface area contributed by atoms with Crippen LogP contribution >= 0.6 is 0 Å². The zero-order valence-corrected chi connectivity index (χ0v) is 23.0. The quantitative estimate of drug-likeness (QED) is 0.380. The van der Waals surface area contributed by atoms with Crippen molar-refractivity contribution in [1.82, 2.24) is 9.80 Å². The molecule has 5 nitrogen and oxygen atoms in total. The second-order valence-electron chi connectivity index (χ2n) is 11.0. The largest absolute Gasteiger partial charge is 0.497 e. The van der Waals surface area contributed by atoms with Gasteiger partial charge in [0.1, 0.15) is 11.5 Å². The average molecular weight is 513 g/mol. The van der Waals surface area contributed by atoms with Crippen LogP contribution in [0, 0.1) is 5.92 Å². The van der Waals surface area contributed by atoms with Gasteiger partial charge >= 0.3 is 0 Å². The van der Waals surface area contributed by atoms with Crippen LogP contribution in [0.4, 0.5) is 0 Å². The lowest BCUT2D eigenvalue weighted by molar-refractivity contribution is 0.0683. The molecule has 2 aliphatic heterocycles. The molecule has 2 heterocycles. The van der Waals surface area contributed by atoms with Gasteiger partial charge in [-0.05, 0) is 91.2 Å². The summed E-state index contributed by atoms with van der Waals surface area (Å²) in [5, 5.41) is 0. The third-order valence-electron chi connectivity index (χ3n) is 8.41. The fraction of sp³-hybridized carbons (Fsp3) is 0.424. The fourth-order valence-electron chi connectivity index (χ4n) is 6.30. The van der Waals surface area contributed by atoms with Gasteiger partial charge in [-0.25, -0.2) is 0 Å². The Labute approximate surface area is 227 Å². The van der Waals surface area contributed by atoms with Crippen LogP contribution in [0.25, 0.3) is 0 Å². The van der Waals surface area contributed by atoms with Gasteiger partial charge in [-0.15, -0.1) is 0 Å². The number of nitrogens with zero attached hydrogens (tertiary/aromatic N) is 2. The number of piperidine rings is 2. The van der Waals surface area contributed by atoms with E-state index in [0.29, 0.717) is 5.92 Å². The molecule has 1 unspecified atom stereocenters. The highest BCUT2D eigenvalue weighted by Gasteiger charge is 2.39. The van der Waals surface area contributed by atoms with Crippen molar-refractivity contribution in [3.05, 3.63) is 95.1 Å². The SMILES string of the molecule is COc1ccc(C2(c3ccc(OC)cc3)CCCN(Cc3ccc(C(=O)N4CCCC(C)C4)cc3)C2)cc1. The summed E-state index contributed by atoms with van der Waals surface area (Å²) < 4.78 is 10.9. The fourth-order valence-corrected chi connectivity index (χ4v) is 6.30. The number of ether oxygens (including phenoxy) is 2. The van der Waals surface area contributed by atoms with E-state index in [-0.39, 0.29) is 11.3 Å². The van der Waals surface area contributed by atoms with Gasteiger partial charge in [0.05, 0.1) is 14.2 Å². The predicted molar refractivity (Wildman–Crippen MR) is 152 cm³/mol. The Kier molecular flexibility index (Phi) is 8.04. The van der Waals surface area contributed by atoms with Crippen LogP contribution in [0.1, 0.15) is 59.7 Å². The van der Waals surface area contributed by atoms with Gasteiger partial charge in [-0.1, -0.05) is 43.3 Å². The standard InChI is InChI=1S/C33H40N2O3/c1-25-6-4-21-35(22-25)32(36)27-9-7-26(8-10-27)23-34-20-5-19-33(24-34,28-11-15-30(37-2)16-12-28)29-13-17-31(38-3)18-14-29/h7-18,25H,4-6,19-24H2,1-3H3. The average Bonchev–Trinajstić information content (AvgIpc) is 2.97. The minimum atomic E-state index is -0.113. The minimum Gasteiger partial charge on any atom is -0.497 e. The number of carbonyl (C=O) groups excluding carboxylic acids is 1. The number of carbonyl (C=O) groups is 1. The van der Waals surface area contributed by atoms with Crippen LogP contribution in [0.3, 0.4) is 0 Å². The van der Waals surface area contributed by atoms with Crippen molar-refractivity contribution in [2.45, 2.75) is 44.6 Å². The summed E-state index contributed by atoms with van der Waals surface area (Å²) in [7, 11) is 3.42. The van der Waals surface area contributed by atoms with E-state index in [9.17, 15) is 4.79 Å². The smallest absolute Gasteiger partial charge is 0.253 e. The maximum atomic E-state index is 13.0. The maximum absolute atomic E-state index is 13.0. The molecular weight excluding hydrogens is 472 g/mol. The lowest BCUT2D eigenvalue weighted by Crippen LogP contribution is -2.46. The summed E-state index contributed by atoms with van der Waals surface area (Å²) in [4.78, 5) is 17.6. The number of hydrogen-bond donors (Lipinski definition) is 0. The number of methoxy groups -OCH3 is 2. The highest BCUT2D eigenvalue weighted by molar-refractivity contribution is 5.94. The van der Waals surface area contributed by atoms with Crippen molar-refractivity contribution >= 4 is 5.91 Å². The number of amides is 1. The van der Waals surface area contributed by atoms with Gasteiger partial charge in [0, 0.05) is 37.2 Å². The third-order valence-corrected chi connectivity index (χ3v) is 8.41. The van der Waals surface area contributed by atoms with Crippen molar-refractivity contribution in [2.24, 2.45) is 5.92 Å². The summed E-state index contributed by atoms with van der Waals surface area (Å²) in [6, 6.07) is 25.4. The molecule has 0 N–H and O–H groups in total. The van der Waals surface area contributed by atoms with Crippen LogP contribution in [0.15, 0.2) is 72.8 Å². The zero-order chi connectivity index (χ0) is 26.5. The first-order valence-corrected chi connectivity index (χ1v) is 13.9. The van der Waals surface area contributed by atoms with Crippen LogP contribution in [0.5, 0.6) is 11.5 Å². The molecule has 2 saturated heterocycles. The van der Waals surface area contributed by atoms with Gasteiger partial charge in [0.15, 0.2) is 0 Å². The van der Waals surface area contributed by atoms with Crippen LogP contribution < -0.4 is 9.47 Å². The Bertz CT molecular complexity index is 1160. The molecule has 3 aromatic rings. The monoisotopic (exact) mass is 512 g/mol. The first-order valence-electron chi connectivity index (χ1n) is 13.9. The van der Waals surface area contributed by atoms with E-state index in [1.54, 1.807) is 14.2 Å². The molecule has 2 aliphatic rings. The molecule has 3 aromatic carbocycles. The Morgan fingerprint density at radius 2 is 1.45 bits per heavy atom. The van der Waals surface area contributed by atoms with E-state index in [1.807, 2.05) is 17.0 Å². The minimum absolute atomic E-state index is 0.113. The topological polar surface area (TPSA) is 42.0 Å². The summed E-state index contributed by atoms with van der Waals surface area (Å²) in [6.45, 7) is 6.82. The molecule has 0 radical (unpaired) electrons.